The maximum absolute atomic E-state index is 13.3. The number of likely N-dealkylation sites (tertiary alicyclic amines) is 1. The number of hydrogen-bond donors (Lipinski definition) is 1. The maximum atomic E-state index is 13.3. The zero-order valence-corrected chi connectivity index (χ0v) is 18.6. The fraction of sp³-hybridized carbons (Fsp3) is 0.667. The molecule has 0 saturated carbocycles. The number of carbonyl (C=O) groups is 2. The molecular weight excluding hydrogens is 378 g/mol. The molecule has 1 fully saturated rings. The van der Waals surface area contributed by atoms with Crippen LogP contribution in [0, 0.1) is 5.92 Å². The van der Waals surface area contributed by atoms with Crippen molar-refractivity contribution in [2.75, 3.05) is 39.3 Å². The molecule has 0 unspecified atom stereocenters. The smallest absolute Gasteiger partial charge is 0.254 e. The van der Waals surface area contributed by atoms with Crippen LogP contribution >= 0.6 is 0 Å². The van der Waals surface area contributed by atoms with Gasteiger partial charge in [-0.2, -0.15) is 0 Å². The number of amides is 2. The molecule has 0 spiro atoms. The van der Waals surface area contributed by atoms with Gasteiger partial charge in [0, 0.05) is 37.3 Å². The standard InChI is InChI=1S/C24H37N3O3/c1-19(2)11-15-26-17-21-20(24(29)27-13-5-6-14-27)9-8-10-22(21)30-16-7-3-4-12-25-23(28)18-26/h8-10,19H,3-7,11-18H2,1-2H3,(H,25,28). The van der Waals surface area contributed by atoms with Crippen molar-refractivity contribution < 1.29 is 14.3 Å². The summed E-state index contributed by atoms with van der Waals surface area (Å²) in [5.74, 6) is 1.48. The number of nitrogens with one attached hydrogen (secondary N) is 1. The molecule has 2 aliphatic rings. The summed E-state index contributed by atoms with van der Waals surface area (Å²) in [7, 11) is 0. The minimum absolute atomic E-state index is 0.0591. The van der Waals surface area contributed by atoms with Crippen LogP contribution in [0.3, 0.4) is 0 Å². The van der Waals surface area contributed by atoms with Gasteiger partial charge < -0.3 is 15.0 Å². The average molecular weight is 416 g/mol. The summed E-state index contributed by atoms with van der Waals surface area (Å²) in [4.78, 5) is 29.9. The van der Waals surface area contributed by atoms with E-state index in [1.807, 2.05) is 23.1 Å². The van der Waals surface area contributed by atoms with Crippen LogP contribution < -0.4 is 10.1 Å². The lowest BCUT2D eigenvalue weighted by atomic mass is 10.0. The van der Waals surface area contributed by atoms with Gasteiger partial charge in [0.05, 0.1) is 13.2 Å². The highest BCUT2D eigenvalue weighted by atomic mass is 16.5. The molecule has 0 atom stereocenters. The van der Waals surface area contributed by atoms with E-state index in [2.05, 4.69) is 24.1 Å². The summed E-state index contributed by atoms with van der Waals surface area (Å²) in [6.45, 7) is 9.09. The molecule has 166 valence electrons. The van der Waals surface area contributed by atoms with E-state index in [1.54, 1.807) is 0 Å². The van der Waals surface area contributed by atoms with Gasteiger partial charge in [0.1, 0.15) is 5.75 Å². The van der Waals surface area contributed by atoms with E-state index in [0.29, 0.717) is 32.2 Å². The second-order valence-corrected chi connectivity index (χ2v) is 8.93. The number of fused-ring (bicyclic) bond motifs is 1. The molecule has 30 heavy (non-hydrogen) atoms. The van der Waals surface area contributed by atoms with Crippen LogP contribution in [0.25, 0.3) is 0 Å². The highest BCUT2D eigenvalue weighted by Crippen LogP contribution is 2.27. The molecule has 0 bridgehead atoms. The second-order valence-electron chi connectivity index (χ2n) is 8.93. The number of ether oxygens (including phenoxy) is 1. The Bertz CT molecular complexity index is 714. The van der Waals surface area contributed by atoms with Gasteiger partial charge in [0.25, 0.3) is 5.91 Å². The van der Waals surface area contributed by atoms with E-state index in [9.17, 15) is 9.59 Å². The number of carbonyl (C=O) groups excluding carboxylic acids is 2. The van der Waals surface area contributed by atoms with Gasteiger partial charge >= 0.3 is 0 Å². The lowest BCUT2D eigenvalue weighted by Crippen LogP contribution is -2.38. The Morgan fingerprint density at radius 3 is 2.67 bits per heavy atom. The van der Waals surface area contributed by atoms with Crippen LogP contribution in [-0.2, 0) is 11.3 Å². The van der Waals surface area contributed by atoms with E-state index in [1.165, 1.54) is 0 Å². The Labute approximate surface area is 180 Å². The Hall–Kier alpha value is -2.08. The van der Waals surface area contributed by atoms with Gasteiger partial charge in [0.2, 0.25) is 5.91 Å². The van der Waals surface area contributed by atoms with Gasteiger partial charge in [-0.05, 0) is 63.1 Å². The quantitative estimate of drug-likeness (QED) is 0.818. The summed E-state index contributed by atoms with van der Waals surface area (Å²) in [5, 5.41) is 3.05. The minimum Gasteiger partial charge on any atom is -0.493 e. The van der Waals surface area contributed by atoms with E-state index in [4.69, 9.17) is 4.74 Å². The second kappa shape index (κ2) is 11.3. The van der Waals surface area contributed by atoms with E-state index < -0.39 is 0 Å². The monoisotopic (exact) mass is 415 g/mol. The third kappa shape index (κ3) is 6.46. The maximum Gasteiger partial charge on any atom is 0.254 e. The lowest BCUT2D eigenvalue weighted by molar-refractivity contribution is -0.122. The van der Waals surface area contributed by atoms with Gasteiger partial charge in [-0.1, -0.05) is 19.9 Å². The van der Waals surface area contributed by atoms with Crippen LogP contribution in [0.4, 0.5) is 0 Å². The molecule has 1 aromatic carbocycles. The largest absolute Gasteiger partial charge is 0.493 e. The van der Waals surface area contributed by atoms with E-state index >= 15 is 0 Å². The first-order chi connectivity index (χ1) is 14.5. The van der Waals surface area contributed by atoms with Crippen LogP contribution in [0.15, 0.2) is 18.2 Å². The fourth-order valence-corrected chi connectivity index (χ4v) is 4.11. The third-order valence-electron chi connectivity index (χ3n) is 5.93. The Morgan fingerprint density at radius 1 is 1.10 bits per heavy atom. The van der Waals surface area contributed by atoms with Gasteiger partial charge in [-0.3, -0.25) is 14.5 Å². The molecule has 6 heteroatoms. The normalized spacial score (nSPS) is 19.3. The molecule has 1 saturated heterocycles. The third-order valence-corrected chi connectivity index (χ3v) is 5.93. The molecule has 2 aliphatic heterocycles. The molecule has 2 amide bonds. The van der Waals surface area contributed by atoms with Crippen molar-refractivity contribution in [1.29, 1.82) is 0 Å². The van der Waals surface area contributed by atoms with Crippen LogP contribution in [-0.4, -0.2) is 60.9 Å². The first-order valence-corrected chi connectivity index (χ1v) is 11.6. The highest BCUT2D eigenvalue weighted by Gasteiger charge is 2.25. The number of benzene rings is 1. The van der Waals surface area contributed by atoms with E-state index in [-0.39, 0.29) is 11.8 Å². The molecule has 6 nitrogen and oxygen atoms in total. The summed E-state index contributed by atoms with van der Waals surface area (Å²) < 4.78 is 6.15. The molecule has 2 heterocycles. The van der Waals surface area contributed by atoms with Gasteiger partial charge in [-0.25, -0.2) is 0 Å². The van der Waals surface area contributed by atoms with Crippen molar-refractivity contribution in [2.45, 2.75) is 58.9 Å². The predicted octanol–water partition coefficient (Wildman–Crippen LogP) is 3.45. The molecule has 0 radical (unpaired) electrons. The Kier molecular flexibility index (Phi) is 8.55. The molecule has 1 aromatic rings. The minimum atomic E-state index is 0.0591. The molecule has 0 aliphatic carbocycles. The van der Waals surface area contributed by atoms with Crippen molar-refractivity contribution in [3.63, 3.8) is 0 Å². The molecule has 0 aromatic heterocycles. The summed E-state index contributed by atoms with van der Waals surface area (Å²) in [5.41, 5.74) is 1.64. The SMILES string of the molecule is CC(C)CCN1CC(=O)NCCCCCOc2cccc(C(=O)N3CCCC3)c2C1. The number of hydrogen-bond acceptors (Lipinski definition) is 4. The predicted molar refractivity (Wildman–Crippen MR) is 119 cm³/mol. The Morgan fingerprint density at radius 2 is 1.90 bits per heavy atom. The molecule has 3 rings (SSSR count). The van der Waals surface area contributed by atoms with Crippen LogP contribution in [0.2, 0.25) is 0 Å². The van der Waals surface area contributed by atoms with Crippen LogP contribution in [0.1, 0.15) is 68.3 Å². The van der Waals surface area contributed by atoms with Crippen molar-refractivity contribution in [3.05, 3.63) is 29.3 Å². The first kappa shape index (κ1) is 22.6. The lowest BCUT2D eigenvalue weighted by Gasteiger charge is -2.26. The molecule has 1 N–H and O–H groups in total. The number of rotatable bonds is 4. The van der Waals surface area contributed by atoms with Gasteiger partial charge in [-0.15, -0.1) is 0 Å². The zero-order chi connectivity index (χ0) is 21.3. The van der Waals surface area contributed by atoms with Crippen LogP contribution in [0.5, 0.6) is 5.75 Å². The average Bonchev–Trinajstić information content (AvgIpc) is 3.26. The van der Waals surface area contributed by atoms with Gasteiger partial charge in [0.15, 0.2) is 0 Å². The Balaban J connectivity index is 1.90. The highest BCUT2D eigenvalue weighted by molar-refractivity contribution is 5.96. The zero-order valence-electron chi connectivity index (χ0n) is 18.6. The van der Waals surface area contributed by atoms with Crippen molar-refractivity contribution in [3.8, 4) is 5.75 Å². The van der Waals surface area contributed by atoms with Crippen molar-refractivity contribution in [1.82, 2.24) is 15.1 Å². The summed E-state index contributed by atoms with van der Waals surface area (Å²) >= 11 is 0. The fourth-order valence-electron chi connectivity index (χ4n) is 4.11. The number of nitrogens with zero attached hydrogens (tertiary/aromatic N) is 2. The van der Waals surface area contributed by atoms with Crippen molar-refractivity contribution >= 4 is 11.8 Å². The van der Waals surface area contributed by atoms with Crippen molar-refractivity contribution in [2.24, 2.45) is 5.92 Å². The van der Waals surface area contributed by atoms with E-state index in [0.717, 1.165) is 75.0 Å². The molecular formula is C24H37N3O3. The topological polar surface area (TPSA) is 61.9 Å². The summed E-state index contributed by atoms with van der Waals surface area (Å²) in [6, 6.07) is 5.81. The summed E-state index contributed by atoms with van der Waals surface area (Å²) in [6.07, 6.45) is 6.05. The first-order valence-electron chi connectivity index (χ1n) is 11.6.